The summed E-state index contributed by atoms with van der Waals surface area (Å²) in [4.78, 5) is 3.06. The maximum Gasteiger partial charge on any atom is 0.109 e. The lowest BCUT2D eigenvalue weighted by atomic mass is 9.94. The molecular formula is C12H19NO4S. The van der Waals surface area contributed by atoms with Crippen molar-refractivity contribution in [2.24, 2.45) is 0 Å². The monoisotopic (exact) mass is 273 g/mol. The van der Waals surface area contributed by atoms with E-state index in [4.69, 9.17) is 0 Å². The second kappa shape index (κ2) is 6.10. The number of β-amino-alcohol motifs (C(OH)–C–C–N with tert-alkyl or cyclic N) is 1. The molecule has 18 heavy (non-hydrogen) atoms. The van der Waals surface area contributed by atoms with Crippen molar-refractivity contribution >= 4 is 11.3 Å². The van der Waals surface area contributed by atoms with Crippen molar-refractivity contribution < 1.29 is 20.4 Å². The van der Waals surface area contributed by atoms with Crippen LogP contribution in [0.3, 0.4) is 0 Å². The van der Waals surface area contributed by atoms with E-state index in [-0.39, 0.29) is 13.2 Å². The summed E-state index contributed by atoms with van der Waals surface area (Å²) < 4.78 is 0. The summed E-state index contributed by atoms with van der Waals surface area (Å²) in [5, 5.41) is 40.4. The highest BCUT2D eigenvalue weighted by atomic mass is 32.1. The molecule has 1 fully saturated rings. The van der Waals surface area contributed by atoms with E-state index in [9.17, 15) is 20.4 Å². The quantitative estimate of drug-likeness (QED) is 0.568. The van der Waals surface area contributed by atoms with Gasteiger partial charge in [0.05, 0.1) is 18.8 Å². The minimum absolute atomic E-state index is 0.227. The number of nitrogens with zero attached hydrogens (tertiary/aromatic N) is 1. The highest BCUT2D eigenvalue weighted by molar-refractivity contribution is 7.09. The van der Waals surface area contributed by atoms with E-state index < -0.39 is 24.4 Å². The molecular weight excluding hydrogens is 254 g/mol. The number of aliphatic hydroxyl groups excluding tert-OH is 4. The van der Waals surface area contributed by atoms with Gasteiger partial charge in [0.2, 0.25) is 0 Å². The number of rotatable bonds is 4. The van der Waals surface area contributed by atoms with Crippen LogP contribution in [0.1, 0.15) is 4.88 Å². The van der Waals surface area contributed by atoms with Crippen LogP contribution in [0.2, 0.25) is 0 Å². The van der Waals surface area contributed by atoms with Gasteiger partial charge in [-0.2, -0.15) is 0 Å². The normalized spacial score (nSPS) is 33.8. The number of aliphatic hydroxyl groups is 4. The molecule has 0 saturated carbocycles. The molecule has 0 aromatic carbocycles. The minimum atomic E-state index is -1.18. The number of thiophene rings is 1. The van der Waals surface area contributed by atoms with E-state index in [0.29, 0.717) is 6.54 Å². The van der Waals surface area contributed by atoms with Crippen LogP contribution in [0.5, 0.6) is 0 Å². The van der Waals surface area contributed by atoms with Gasteiger partial charge in [0, 0.05) is 18.0 Å². The second-order valence-electron chi connectivity index (χ2n) is 4.62. The Labute approximate surface area is 110 Å². The van der Waals surface area contributed by atoms with E-state index in [1.54, 1.807) is 11.3 Å². The summed E-state index contributed by atoms with van der Waals surface area (Å²) >= 11 is 1.66. The van der Waals surface area contributed by atoms with Gasteiger partial charge in [0.1, 0.15) is 12.2 Å². The molecule has 1 aromatic heterocycles. The SMILES string of the molecule is OC[C@H]1[C@@H](O)[C@H](O)[C@@H](O)CN1CCc1cccs1. The molecule has 1 saturated heterocycles. The molecule has 1 aliphatic rings. The highest BCUT2D eigenvalue weighted by Crippen LogP contribution is 2.20. The summed E-state index contributed by atoms with van der Waals surface area (Å²) in [7, 11) is 0. The van der Waals surface area contributed by atoms with Crippen LogP contribution in [0.25, 0.3) is 0 Å². The van der Waals surface area contributed by atoms with Crippen LogP contribution >= 0.6 is 11.3 Å². The van der Waals surface area contributed by atoms with Crippen molar-refractivity contribution in [3.05, 3.63) is 22.4 Å². The van der Waals surface area contributed by atoms with Crippen molar-refractivity contribution in [2.75, 3.05) is 19.7 Å². The Kier molecular flexibility index (Phi) is 4.71. The zero-order valence-electron chi connectivity index (χ0n) is 10.0. The first-order chi connectivity index (χ1) is 8.63. The molecule has 5 nitrogen and oxygen atoms in total. The van der Waals surface area contributed by atoms with Crippen molar-refractivity contribution in [3.63, 3.8) is 0 Å². The fraction of sp³-hybridized carbons (Fsp3) is 0.667. The molecule has 1 aliphatic heterocycles. The predicted molar refractivity (Wildman–Crippen MR) is 68.5 cm³/mol. The van der Waals surface area contributed by atoms with Crippen LogP contribution in [0.4, 0.5) is 0 Å². The van der Waals surface area contributed by atoms with Gasteiger partial charge in [0.25, 0.3) is 0 Å². The van der Waals surface area contributed by atoms with Crippen molar-refractivity contribution in [3.8, 4) is 0 Å². The molecule has 6 heteroatoms. The molecule has 0 amide bonds. The third kappa shape index (κ3) is 2.90. The molecule has 0 spiro atoms. The average Bonchev–Trinajstić information content (AvgIpc) is 2.86. The lowest BCUT2D eigenvalue weighted by Crippen LogP contribution is -2.62. The largest absolute Gasteiger partial charge is 0.395 e. The van der Waals surface area contributed by atoms with Crippen LogP contribution in [0, 0.1) is 0 Å². The van der Waals surface area contributed by atoms with E-state index >= 15 is 0 Å². The number of hydrogen-bond donors (Lipinski definition) is 4. The van der Waals surface area contributed by atoms with Gasteiger partial charge in [-0.15, -0.1) is 11.3 Å². The molecule has 4 atom stereocenters. The van der Waals surface area contributed by atoms with Crippen LogP contribution in [-0.4, -0.2) is 69.4 Å². The fourth-order valence-electron chi connectivity index (χ4n) is 2.34. The minimum Gasteiger partial charge on any atom is -0.395 e. The molecule has 2 rings (SSSR count). The Hall–Kier alpha value is -0.500. The van der Waals surface area contributed by atoms with E-state index in [2.05, 4.69) is 0 Å². The Morgan fingerprint density at radius 2 is 2.06 bits per heavy atom. The molecule has 0 unspecified atom stereocenters. The van der Waals surface area contributed by atoms with Crippen LogP contribution in [0.15, 0.2) is 17.5 Å². The molecule has 1 aromatic rings. The zero-order valence-corrected chi connectivity index (χ0v) is 10.8. The molecule has 0 aliphatic carbocycles. The third-order valence-electron chi connectivity index (χ3n) is 3.44. The van der Waals surface area contributed by atoms with E-state index in [0.717, 1.165) is 6.42 Å². The maximum absolute atomic E-state index is 9.83. The van der Waals surface area contributed by atoms with Gasteiger partial charge in [-0.25, -0.2) is 0 Å². The highest BCUT2D eigenvalue weighted by Gasteiger charge is 2.40. The molecule has 2 heterocycles. The smallest absolute Gasteiger partial charge is 0.109 e. The van der Waals surface area contributed by atoms with Crippen LogP contribution in [-0.2, 0) is 6.42 Å². The number of piperidine rings is 1. The summed E-state index contributed by atoms with van der Waals surface area (Å²) in [6.07, 6.45) is -2.45. The first-order valence-electron chi connectivity index (χ1n) is 6.05. The number of likely N-dealkylation sites (tertiary alicyclic amines) is 1. The Morgan fingerprint density at radius 1 is 1.28 bits per heavy atom. The van der Waals surface area contributed by atoms with Gasteiger partial charge in [-0.3, -0.25) is 4.90 Å². The number of hydrogen-bond acceptors (Lipinski definition) is 6. The topological polar surface area (TPSA) is 84.2 Å². The second-order valence-corrected chi connectivity index (χ2v) is 5.65. The maximum atomic E-state index is 9.83. The van der Waals surface area contributed by atoms with E-state index in [1.807, 2.05) is 22.4 Å². The van der Waals surface area contributed by atoms with Gasteiger partial charge in [-0.1, -0.05) is 6.07 Å². The predicted octanol–water partition coefficient (Wildman–Crippen LogP) is -0.950. The summed E-state index contributed by atoms with van der Waals surface area (Å²) in [6.45, 7) is 0.691. The summed E-state index contributed by atoms with van der Waals surface area (Å²) in [6, 6.07) is 3.50. The standard InChI is InChI=1S/C12H19NO4S/c14-7-9-11(16)12(17)10(15)6-13(9)4-3-8-2-1-5-18-8/h1-2,5,9-12,14-17H,3-4,6-7H2/t9-,10-,11+,12+/m0/s1. The average molecular weight is 273 g/mol. The van der Waals surface area contributed by atoms with Gasteiger partial charge < -0.3 is 20.4 Å². The van der Waals surface area contributed by atoms with Gasteiger partial charge in [-0.05, 0) is 17.9 Å². The van der Waals surface area contributed by atoms with Crippen molar-refractivity contribution in [1.82, 2.24) is 4.90 Å². The molecule has 102 valence electrons. The van der Waals surface area contributed by atoms with Crippen molar-refractivity contribution in [1.29, 1.82) is 0 Å². The molecule has 0 radical (unpaired) electrons. The first kappa shape index (κ1) is 13.9. The van der Waals surface area contributed by atoms with Gasteiger partial charge >= 0.3 is 0 Å². The summed E-state index contributed by atoms with van der Waals surface area (Å²) in [5.41, 5.74) is 0. The fourth-order valence-corrected chi connectivity index (χ4v) is 3.04. The lowest BCUT2D eigenvalue weighted by Gasteiger charge is -2.43. The lowest BCUT2D eigenvalue weighted by molar-refractivity contribution is -0.144. The Morgan fingerprint density at radius 3 is 2.67 bits per heavy atom. The molecule has 4 N–H and O–H groups in total. The zero-order chi connectivity index (χ0) is 13.1. The van der Waals surface area contributed by atoms with Crippen LogP contribution < -0.4 is 0 Å². The van der Waals surface area contributed by atoms with E-state index in [1.165, 1.54) is 4.88 Å². The van der Waals surface area contributed by atoms with Crippen molar-refractivity contribution in [2.45, 2.75) is 30.8 Å². The third-order valence-corrected chi connectivity index (χ3v) is 4.38. The van der Waals surface area contributed by atoms with Gasteiger partial charge in [0.15, 0.2) is 0 Å². The Balaban J connectivity index is 1.97. The Bertz CT molecular complexity index is 359. The summed E-state index contributed by atoms with van der Waals surface area (Å²) in [5.74, 6) is 0. The molecule has 0 bridgehead atoms. The first-order valence-corrected chi connectivity index (χ1v) is 6.93.